The molecule has 0 radical (unpaired) electrons. The Morgan fingerprint density at radius 1 is 1.35 bits per heavy atom. The number of ether oxygens (including phenoxy) is 1. The quantitative estimate of drug-likeness (QED) is 0.778. The Balaban J connectivity index is 2.77. The van der Waals surface area contributed by atoms with Gasteiger partial charge in [-0.15, -0.1) is 0 Å². The molecule has 3 nitrogen and oxygen atoms in total. The average Bonchev–Trinajstić information content (AvgIpc) is 2.18. The predicted molar refractivity (Wildman–Crippen MR) is 69.4 cm³/mol. The Bertz CT molecular complexity index is 483. The SMILES string of the molecule is CC(C)CCOc1ccc(S(=O)(=O)Cl)cc1Cl. The van der Waals surface area contributed by atoms with Gasteiger partial charge in [-0.1, -0.05) is 25.4 Å². The van der Waals surface area contributed by atoms with Gasteiger partial charge in [0, 0.05) is 10.7 Å². The molecular weight excluding hydrogens is 283 g/mol. The van der Waals surface area contributed by atoms with Crippen molar-refractivity contribution in [3.63, 3.8) is 0 Å². The van der Waals surface area contributed by atoms with Gasteiger partial charge in [-0.05, 0) is 30.5 Å². The molecule has 17 heavy (non-hydrogen) atoms. The van der Waals surface area contributed by atoms with E-state index < -0.39 is 9.05 Å². The summed E-state index contributed by atoms with van der Waals surface area (Å²) in [5.41, 5.74) is 0. The molecule has 0 unspecified atom stereocenters. The van der Waals surface area contributed by atoms with Crippen LogP contribution in [0.4, 0.5) is 0 Å². The summed E-state index contributed by atoms with van der Waals surface area (Å²) in [4.78, 5) is -0.0274. The van der Waals surface area contributed by atoms with Crippen molar-refractivity contribution >= 4 is 31.3 Å². The summed E-state index contributed by atoms with van der Waals surface area (Å²) in [5.74, 6) is 1.01. The summed E-state index contributed by atoms with van der Waals surface area (Å²) < 4.78 is 27.6. The van der Waals surface area contributed by atoms with Gasteiger partial charge in [0.1, 0.15) is 5.75 Å². The van der Waals surface area contributed by atoms with E-state index in [9.17, 15) is 8.42 Å². The van der Waals surface area contributed by atoms with Crippen LogP contribution in [0.5, 0.6) is 5.75 Å². The number of hydrogen-bond acceptors (Lipinski definition) is 3. The smallest absolute Gasteiger partial charge is 0.261 e. The number of rotatable bonds is 5. The van der Waals surface area contributed by atoms with Crippen molar-refractivity contribution in [2.24, 2.45) is 5.92 Å². The lowest BCUT2D eigenvalue weighted by Crippen LogP contribution is -2.02. The molecular formula is C11H14Cl2O3S. The first-order chi connectivity index (χ1) is 7.80. The zero-order valence-electron chi connectivity index (χ0n) is 9.61. The molecule has 0 aliphatic heterocycles. The van der Waals surface area contributed by atoms with Crippen LogP contribution in [0.3, 0.4) is 0 Å². The fourth-order valence-electron chi connectivity index (χ4n) is 1.15. The first kappa shape index (κ1) is 14.6. The van der Waals surface area contributed by atoms with Crippen LogP contribution in [0.15, 0.2) is 23.1 Å². The van der Waals surface area contributed by atoms with Crippen LogP contribution in [0, 0.1) is 5.92 Å². The molecule has 0 saturated heterocycles. The maximum Gasteiger partial charge on any atom is 0.261 e. The van der Waals surface area contributed by atoms with Crippen LogP contribution >= 0.6 is 22.3 Å². The molecule has 1 aromatic rings. The van der Waals surface area contributed by atoms with Crippen molar-refractivity contribution in [3.05, 3.63) is 23.2 Å². The van der Waals surface area contributed by atoms with Crippen LogP contribution in [0.1, 0.15) is 20.3 Å². The van der Waals surface area contributed by atoms with E-state index in [0.29, 0.717) is 18.3 Å². The Labute approximate surface area is 111 Å². The van der Waals surface area contributed by atoms with Crippen LogP contribution in [0.2, 0.25) is 5.02 Å². The van der Waals surface area contributed by atoms with Gasteiger partial charge >= 0.3 is 0 Å². The molecule has 1 aromatic carbocycles. The fraction of sp³-hybridized carbons (Fsp3) is 0.455. The van der Waals surface area contributed by atoms with Gasteiger partial charge in [-0.2, -0.15) is 0 Å². The molecule has 0 amide bonds. The zero-order chi connectivity index (χ0) is 13.1. The van der Waals surface area contributed by atoms with E-state index in [0.717, 1.165) is 6.42 Å². The third-order valence-electron chi connectivity index (χ3n) is 2.14. The van der Waals surface area contributed by atoms with E-state index in [2.05, 4.69) is 13.8 Å². The van der Waals surface area contributed by atoms with Crippen molar-refractivity contribution in [3.8, 4) is 5.75 Å². The first-order valence-electron chi connectivity index (χ1n) is 5.17. The van der Waals surface area contributed by atoms with E-state index in [4.69, 9.17) is 27.0 Å². The summed E-state index contributed by atoms with van der Waals surface area (Å²) in [7, 11) is 1.46. The van der Waals surface area contributed by atoms with E-state index in [1.165, 1.54) is 18.2 Å². The second kappa shape index (κ2) is 5.94. The van der Waals surface area contributed by atoms with Crippen molar-refractivity contribution < 1.29 is 13.2 Å². The van der Waals surface area contributed by atoms with Gasteiger partial charge in [0.2, 0.25) is 0 Å². The summed E-state index contributed by atoms with van der Waals surface area (Å²) in [5, 5.41) is 0.246. The Kier molecular flexibility index (Phi) is 5.10. The van der Waals surface area contributed by atoms with Gasteiger partial charge in [0.05, 0.1) is 16.5 Å². The lowest BCUT2D eigenvalue weighted by molar-refractivity contribution is 0.289. The minimum absolute atomic E-state index is 0.0274. The third-order valence-corrected chi connectivity index (χ3v) is 3.78. The van der Waals surface area contributed by atoms with E-state index in [1.54, 1.807) is 0 Å². The number of halogens is 2. The minimum atomic E-state index is -3.74. The van der Waals surface area contributed by atoms with Crippen molar-refractivity contribution in [1.29, 1.82) is 0 Å². The molecule has 0 saturated carbocycles. The Morgan fingerprint density at radius 2 is 2.00 bits per heavy atom. The standard InChI is InChI=1S/C11H14Cl2O3S/c1-8(2)5-6-16-11-4-3-9(7-10(11)12)17(13,14)15/h3-4,7-8H,5-6H2,1-2H3. The number of benzene rings is 1. The molecule has 0 bridgehead atoms. The maximum absolute atomic E-state index is 11.1. The lowest BCUT2D eigenvalue weighted by Gasteiger charge is -2.10. The van der Waals surface area contributed by atoms with Gasteiger partial charge < -0.3 is 4.74 Å². The van der Waals surface area contributed by atoms with Gasteiger partial charge in [-0.25, -0.2) is 8.42 Å². The normalized spacial score (nSPS) is 11.8. The van der Waals surface area contributed by atoms with E-state index >= 15 is 0 Å². The van der Waals surface area contributed by atoms with Gasteiger partial charge in [0.15, 0.2) is 0 Å². The topological polar surface area (TPSA) is 43.4 Å². The fourth-order valence-corrected chi connectivity index (χ4v) is 2.23. The molecule has 0 N–H and O–H groups in total. The minimum Gasteiger partial charge on any atom is -0.492 e. The van der Waals surface area contributed by atoms with Crippen LogP contribution in [-0.2, 0) is 9.05 Å². The van der Waals surface area contributed by atoms with Gasteiger partial charge in [-0.3, -0.25) is 0 Å². The summed E-state index contributed by atoms with van der Waals surface area (Å²) in [6.45, 7) is 4.73. The molecule has 0 aliphatic rings. The second-order valence-corrected chi connectivity index (χ2v) is 7.03. The van der Waals surface area contributed by atoms with Crippen LogP contribution in [0.25, 0.3) is 0 Å². The molecule has 0 aliphatic carbocycles. The first-order valence-corrected chi connectivity index (χ1v) is 7.86. The maximum atomic E-state index is 11.1. The summed E-state index contributed by atoms with van der Waals surface area (Å²) >= 11 is 5.90. The summed E-state index contributed by atoms with van der Waals surface area (Å²) in [6, 6.07) is 4.17. The monoisotopic (exact) mass is 296 g/mol. The molecule has 1 rings (SSSR count). The largest absolute Gasteiger partial charge is 0.492 e. The molecule has 0 atom stereocenters. The summed E-state index contributed by atoms with van der Waals surface area (Å²) in [6.07, 6.45) is 0.909. The Hall–Kier alpha value is -0.450. The average molecular weight is 297 g/mol. The van der Waals surface area contributed by atoms with E-state index in [1.807, 2.05) is 0 Å². The third kappa shape index (κ3) is 4.74. The molecule has 0 heterocycles. The molecule has 0 fully saturated rings. The zero-order valence-corrected chi connectivity index (χ0v) is 11.9. The molecule has 0 aromatic heterocycles. The molecule has 0 spiro atoms. The predicted octanol–water partition coefficient (Wildman–Crippen LogP) is 3.69. The molecule has 96 valence electrons. The van der Waals surface area contributed by atoms with Gasteiger partial charge in [0.25, 0.3) is 9.05 Å². The highest BCUT2D eigenvalue weighted by Crippen LogP contribution is 2.28. The lowest BCUT2D eigenvalue weighted by atomic mass is 10.1. The second-order valence-electron chi connectivity index (χ2n) is 4.06. The molecule has 6 heteroatoms. The number of hydrogen-bond donors (Lipinski definition) is 0. The van der Waals surface area contributed by atoms with Crippen molar-refractivity contribution in [2.75, 3.05) is 6.61 Å². The highest BCUT2D eigenvalue weighted by atomic mass is 35.7. The highest BCUT2D eigenvalue weighted by Gasteiger charge is 2.12. The highest BCUT2D eigenvalue weighted by molar-refractivity contribution is 8.13. The van der Waals surface area contributed by atoms with Crippen LogP contribution in [-0.4, -0.2) is 15.0 Å². The Morgan fingerprint density at radius 3 is 2.47 bits per heavy atom. The van der Waals surface area contributed by atoms with Crippen molar-refractivity contribution in [2.45, 2.75) is 25.2 Å². The van der Waals surface area contributed by atoms with E-state index in [-0.39, 0.29) is 9.92 Å². The van der Waals surface area contributed by atoms with Crippen molar-refractivity contribution in [1.82, 2.24) is 0 Å². The van der Waals surface area contributed by atoms with Crippen LogP contribution < -0.4 is 4.74 Å².